The van der Waals surface area contributed by atoms with E-state index in [1.54, 1.807) is 0 Å². The van der Waals surface area contributed by atoms with E-state index in [2.05, 4.69) is 0 Å². The number of hydrogen-bond acceptors (Lipinski definition) is 1. The molecule has 64 valence electrons. The second-order valence-corrected chi connectivity index (χ2v) is 3.59. The van der Waals surface area contributed by atoms with Crippen LogP contribution >= 0.6 is 0 Å². The SMILES string of the molecule is N=C(N)CC1CCCCCC1. The minimum absolute atomic E-state index is 0.372. The van der Waals surface area contributed by atoms with E-state index < -0.39 is 0 Å². The smallest absolute Gasteiger partial charge is 0.0908 e. The van der Waals surface area contributed by atoms with Crippen LogP contribution in [-0.4, -0.2) is 5.84 Å². The first-order valence-corrected chi connectivity index (χ1v) is 4.62. The highest BCUT2D eigenvalue weighted by Gasteiger charge is 2.12. The van der Waals surface area contributed by atoms with Gasteiger partial charge in [0.15, 0.2) is 0 Å². The maximum absolute atomic E-state index is 7.18. The average molecular weight is 154 g/mol. The van der Waals surface area contributed by atoms with Crippen LogP contribution in [0, 0.1) is 11.3 Å². The highest BCUT2D eigenvalue weighted by Crippen LogP contribution is 2.24. The Hall–Kier alpha value is -0.530. The van der Waals surface area contributed by atoms with Gasteiger partial charge in [0, 0.05) is 6.42 Å². The number of nitrogens with one attached hydrogen (secondary N) is 1. The summed E-state index contributed by atoms with van der Waals surface area (Å²) >= 11 is 0. The molecule has 1 aliphatic carbocycles. The van der Waals surface area contributed by atoms with Gasteiger partial charge in [-0.3, -0.25) is 5.41 Å². The lowest BCUT2D eigenvalue weighted by Crippen LogP contribution is -2.15. The Balaban J connectivity index is 2.25. The molecule has 1 saturated carbocycles. The largest absolute Gasteiger partial charge is 0.388 e. The summed E-state index contributed by atoms with van der Waals surface area (Å²) in [6.07, 6.45) is 8.87. The predicted molar refractivity (Wildman–Crippen MR) is 47.7 cm³/mol. The normalized spacial score (nSPS) is 21.1. The first-order chi connectivity index (χ1) is 5.29. The molecule has 0 heterocycles. The van der Waals surface area contributed by atoms with Gasteiger partial charge in [-0.1, -0.05) is 38.5 Å². The van der Waals surface area contributed by atoms with Crippen molar-refractivity contribution in [3.63, 3.8) is 0 Å². The summed E-state index contributed by atoms with van der Waals surface area (Å²) in [5.41, 5.74) is 5.36. The summed E-state index contributed by atoms with van der Waals surface area (Å²) < 4.78 is 0. The third-order valence-corrected chi connectivity index (χ3v) is 2.48. The number of hydrogen-bond donors (Lipinski definition) is 2. The molecule has 2 nitrogen and oxygen atoms in total. The monoisotopic (exact) mass is 154 g/mol. The third-order valence-electron chi connectivity index (χ3n) is 2.48. The van der Waals surface area contributed by atoms with Crippen LogP contribution in [0.3, 0.4) is 0 Å². The Morgan fingerprint density at radius 2 is 1.73 bits per heavy atom. The van der Waals surface area contributed by atoms with Gasteiger partial charge in [-0.15, -0.1) is 0 Å². The zero-order chi connectivity index (χ0) is 8.10. The fourth-order valence-corrected chi connectivity index (χ4v) is 1.88. The van der Waals surface area contributed by atoms with Crippen molar-refractivity contribution < 1.29 is 0 Å². The van der Waals surface area contributed by atoms with E-state index in [9.17, 15) is 0 Å². The van der Waals surface area contributed by atoms with E-state index in [1.165, 1.54) is 38.5 Å². The van der Waals surface area contributed by atoms with Crippen molar-refractivity contribution in [2.75, 3.05) is 0 Å². The molecule has 0 radical (unpaired) electrons. The lowest BCUT2D eigenvalue weighted by molar-refractivity contribution is 0.475. The summed E-state index contributed by atoms with van der Waals surface area (Å²) in [5, 5.41) is 7.18. The first-order valence-electron chi connectivity index (χ1n) is 4.62. The van der Waals surface area contributed by atoms with Crippen LogP contribution in [-0.2, 0) is 0 Å². The molecule has 0 saturated heterocycles. The Morgan fingerprint density at radius 3 is 2.18 bits per heavy atom. The summed E-state index contributed by atoms with van der Waals surface area (Å²) in [6, 6.07) is 0. The van der Waals surface area contributed by atoms with Gasteiger partial charge in [0.2, 0.25) is 0 Å². The van der Waals surface area contributed by atoms with Crippen LogP contribution in [0.15, 0.2) is 0 Å². The van der Waals surface area contributed by atoms with Gasteiger partial charge in [-0.05, 0) is 5.92 Å². The lowest BCUT2D eigenvalue weighted by Gasteiger charge is -2.11. The van der Waals surface area contributed by atoms with Crippen LogP contribution in [0.4, 0.5) is 0 Å². The van der Waals surface area contributed by atoms with Crippen LogP contribution in [0.25, 0.3) is 0 Å². The molecule has 0 unspecified atom stereocenters. The van der Waals surface area contributed by atoms with Gasteiger partial charge in [0.25, 0.3) is 0 Å². The second-order valence-electron chi connectivity index (χ2n) is 3.59. The molecule has 0 amide bonds. The number of nitrogens with two attached hydrogens (primary N) is 1. The molecule has 3 N–H and O–H groups in total. The highest BCUT2D eigenvalue weighted by molar-refractivity contribution is 5.77. The van der Waals surface area contributed by atoms with Crippen molar-refractivity contribution in [2.24, 2.45) is 11.7 Å². The average Bonchev–Trinajstić information content (AvgIpc) is 2.14. The molecule has 1 fully saturated rings. The number of rotatable bonds is 2. The summed E-state index contributed by atoms with van der Waals surface area (Å²) in [4.78, 5) is 0. The zero-order valence-electron chi connectivity index (χ0n) is 7.10. The molecule has 0 aromatic rings. The Kier molecular flexibility index (Phi) is 3.40. The van der Waals surface area contributed by atoms with Crippen LogP contribution in [0.5, 0.6) is 0 Å². The van der Waals surface area contributed by atoms with E-state index >= 15 is 0 Å². The van der Waals surface area contributed by atoms with Gasteiger partial charge in [0.05, 0.1) is 5.84 Å². The van der Waals surface area contributed by atoms with Gasteiger partial charge < -0.3 is 5.73 Å². The molecule has 2 heteroatoms. The molecule has 0 aliphatic heterocycles. The molecule has 1 aliphatic rings. The van der Waals surface area contributed by atoms with E-state index in [4.69, 9.17) is 11.1 Å². The standard InChI is InChI=1S/C9H18N2/c10-9(11)7-8-5-3-1-2-4-6-8/h8H,1-7H2,(H3,10,11). The van der Waals surface area contributed by atoms with E-state index in [-0.39, 0.29) is 0 Å². The van der Waals surface area contributed by atoms with Gasteiger partial charge in [-0.25, -0.2) is 0 Å². The van der Waals surface area contributed by atoms with E-state index in [1.807, 2.05) is 0 Å². The van der Waals surface area contributed by atoms with Gasteiger partial charge in [-0.2, -0.15) is 0 Å². The summed E-state index contributed by atoms with van der Waals surface area (Å²) in [5.74, 6) is 1.09. The lowest BCUT2D eigenvalue weighted by atomic mass is 9.96. The van der Waals surface area contributed by atoms with Crippen LogP contribution < -0.4 is 5.73 Å². The quantitative estimate of drug-likeness (QED) is 0.358. The predicted octanol–water partition coefficient (Wildman–Crippen LogP) is 2.28. The molecule has 0 aromatic carbocycles. The van der Waals surface area contributed by atoms with Crippen molar-refractivity contribution >= 4 is 5.84 Å². The Labute approximate surface area is 68.7 Å². The first kappa shape index (κ1) is 8.57. The molecule has 1 rings (SSSR count). The van der Waals surface area contributed by atoms with Gasteiger partial charge >= 0.3 is 0 Å². The minimum Gasteiger partial charge on any atom is -0.388 e. The highest BCUT2D eigenvalue weighted by atomic mass is 14.7. The summed E-state index contributed by atoms with van der Waals surface area (Å²) in [7, 11) is 0. The second kappa shape index (κ2) is 4.37. The maximum atomic E-state index is 7.18. The van der Waals surface area contributed by atoms with Crippen LogP contribution in [0.1, 0.15) is 44.9 Å². The van der Waals surface area contributed by atoms with Crippen molar-refractivity contribution in [1.29, 1.82) is 5.41 Å². The van der Waals surface area contributed by atoms with Crippen molar-refractivity contribution in [2.45, 2.75) is 44.9 Å². The molecule has 11 heavy (non-hydrogen) atoms. The molecule has 0 bridgehead atoms. The fourth-order valence-electron chi connectivity index (χ4n) is 1.88. The third kappa shape index (κ3) is 3.40. The van der Waals surface area contributed by atoms with Crippen LogP contribution in [0.2, 0.25) is 0 Å². The van der Waals surface area contributed by atoms with Crippen molar-refractivity contribution in [1.82, 2.24) is 0 Å². The zero-order valence-corrected chi connectivity index (χ0v) is 7.10. The minimum atomic E-state index is 0.372. The van der Waals surface area contributed by atoms with E-state index in [0.29, 0.717) is 5.84 Å². The topological polar surface area (TPSA) is 49.9 Å². The molecular formula is C9H18N2. The molecule has 0 spiro atoms. The molecule has 0 aromatic heterocycles. The summed E-state index contributed by atoms with van der Waals surface area (Å²) in [6.45, 7) is 0. The van der Waals surface area contributed by atoms with E-state index in [0.717, 1.165) is 12.3 Å². The Morgan fingerprint density at radius 1 is 1.18 bits per heavy atom. The van der Waals surface area contributed by atoms with Crippen molar-refractivity contribution in [3.05, 3.63) is 0 Å². The maximum Gasteiger partial charge on any atom is 0.0908 e. The number of amidine groups is 1. The molecule has 0 atom stereocenters. The fraction of sp³-hybridized carbons (Fsp3) is 0.889. The Bertz CT molecular complexity index is 124. The molecular weight excluding hydrogens is 136 g/mol. The van der Waals surface area contributed by atoms with Gasteiger partial charge in [0.1, 0.15) is 0 Å². The van der Waals surface area contributed by atoms with Crippen molar-refractivity contribution in [3.8, 4) is 0 Å².